The van der Waals surface area contributed by atoms with Gasteiger partial charge in [-0.05, 0) is 70.1 Å². The second-order valence-corrected chi connectivity index (χ2v) is 13.6. The van der Waals surface area contributed by atoms with E-state index in [4.69, 9.17) is 0 Å². The van der Waals surface area contributed by atoms with Gasteiger partial charge in [-0.15, -0.1) is 11.8 Å². The van der Waals surface area contributed by atoms with Crippen LogP contribution in [0.5, 0.6) is 5.75 Å². The minimum absolute atomic E-state index is 0.0245. The summed E-state index contributed by atoms with van der Waals surface area (Å²) >= 11 is 1.46. The predicted octanol–water partition coefficient (Wildman–Crippen LogP) is 3.46. The lowest BCUT2D eigenvalue weighted by Gasteiger charge is -2.33. The SMILES string of the molecule is Cc1c(O)cccc1C(=O)NC(Cc1ccccc1)C(O)C(=O)N1CSC(C)(C)C1C(=O)NCc1cccc(CN(C)C)c1. The van der Waals surface area contributed by atoms with Crippen molar-refractivity contribution in [3.05, 3.63) is 101 Å². The second kappa shape index (κ2) is 14.3. The summed E-state index contributed by atoms with van der Waals surface area (Å²) < 4.78 is -0.608. The Kier molecular flexibility index (Phi) is 10.7. The highest BCUT2D eigenvalue weighted by atomic mass is 32.2. The molecule has 1 aliphatic rings. The molecule has 4 rings (SSSR count). The molecule has 3 amide bonds. The van der Waals surface area contributed by atoms with E-state index >= 15 is 0 Å². The van der Waals surface area contributed by atoms with E-state index in [0.29, 0.717) is 12.1 Å². The molecule has 44 heavy (non-hydrogen) atoms. The van der Waals surface area contributed by atoms with Gasteiger partial charge in [0.15, 0.2) is 6.10 Å². The fourth-order valence-electron chi connectivity index (χ4n) is 5.47. The molecule has 3 aromatic carbocycles. The average Bonchev–Trinajstić information content (AvgIpc) is 3.31. The van der Waals surface area contributed by atoms with Crippen molar-refractivity contribution in [2.75, 3.05) is 20.0 Å². The van der Waals surface area contributed by atoms with Gasteiger partial charge in [-0.2, -0.15) is 0 Å². The number of thioether (sulfide) groups is 1. The van der Waals surface area contributed by atoms with Crippen LogP contribution in [-0.2, 0) is 29.1 Å². The molecular formula is C34H42N4O5S. The van der Waals surface area contributed by atoms with Gasteiger partial charge in [0.2, 0.25) is 5.91 Å². The summed E-state index contributed by atoms with van der Waals surface area (Å²) in [4.78, 5) is 44.4. The third-order valence-electron chi connectivity index (χ3n) is 7.83. The van der Waals surface area contributed by atoms with Gasteiger partial charge in [0.1, 0.15) is 11.8 Å². The second-order valence-electron chi connectivity index (χ2n) is 12.0. The van der Waals surface area contributed by atoms with Gasteiger partial charge in [-0.3, -0.25) is 14.4 Å². The summed E-state index contributed by atoms with van der Waals surface area (Å²) in [6.07, 6.45) is -1.44. The Hall–Kier alpha value is -3.86. The molecule has 0 aliphatic carbocycles. The highest BCUT2D eigenvalue weighted by Crippen LogP contribution is 2.40. The third-order valence-corrected chi connectivity index (χ3v) is 9.21. The molecule has 234 valence electrons. The topological polar surface area (TPSA) is 122 Å². The first-order chi connectivity index (χ1) is 20.9. The Balaban J connectivity index is 1.53. The number of aliphatic hydroxyl groups excluding tert-OH is 1. The molecule has 1 aliphatic heterocycles. The van der Waals surface area contributed by atoms with Crippen molar-refractivity contribution >= 4 is 29.5 Å². The van der Waals surface area contributed by atoms with Crippen LogP contribution >= 0.6 is 11.8 Å². The van der Waals surface area contributed by atoms with E-state index < -0.39 is 34.7 Å². The van der Waals surface area contributed by atoms with E-state index in [-0.39, 0.29) is 29.5 Å². The number of phenolic OH excluding ortho intramolecular Hbond substituents is 1. The summed E-state index contributed by atoms with van der Waals surface area (Å²) in [6, 6.07) is 20.1. The number of aliphatic hydroxyl groups is 1. The number of hydrogen-bond donors (Lipinski definition) is 4. The number of rotatable bonds is 11. The van der Waals surface area contributed by atoms with Crippen LogP contribution in [0.1, 0.15) is 46.5 Å². The number of phenols is 1. The van der Waals surface area contributed by atoms with Gasteiger partial charge in [0, 0.05) is 29.0 Å². The first-order valence-corrected chi connectivity index (χ1v) is 15.6. The van der Waals surface area contributed by atoms with Crippen molar-refractivity contribution in [2.45, 2.75) is 63.2 Å². The van der Waals surface area contributed by atoms with Gasteiger partial charge < -0.3 is 30.6 Å². The summed E-state index contributed by atoms with van der Waals surface area (Å²) in [6.45, 7) is 6.53. The minimum Gasteiger partial charge on any atom is -0.508 e. The monoisotopic (exact) mass is 618 g/mol. The lowest BCUT2D eigenvalue weighted by Crippen LogP contribution is -2.58. The predicted molar refractivity (Wildman–Crippen MR) is 173 cm³/mol. The molecule has 0 radical (unpaired) electrons. The van der Waals surface area contributed by atoms with Crippen molar-refractivity contribution in [2.24, 2.45) is 0 Å². The molecule has 0 bridgehead atoms. The van der Waals surface area contributed by atoms with Crippen LogP contribution in [0.15, 0.2) is 72.8 Å². The molecule has 1 saturated heterocycles. The Morgan fingerprint density at radius 1 is 1.00 bits per heavy atom. The third kappa shape index (κ3) is 7.99. The normalized spacial score (nSPS) is 17.2. The number of aromatic hydroxyl groups is 1. The Morgan fingerprint density at radius 3 is 2.36 bits per heavy atom. The standard InChI is InChI=1S/C34H42N4O5S/c1-22-26(15-10-16-28(22)39)31(41)36-27(18-23-11-7-6-8-12-23)29(40)33(43)38-21-44-34(2,3)30(38)32(42)35-19-24-13-9-14-25(17-24)20-37(4)5/h6-17,27,29-30,39-40H,18-21H2,1-5H3,(H,35,42)(H,36,41). The first kappa shape index (κ1) is 33.0. The highest BCUT2D eigenvalue weighted by Gasteiger charge is 2.49. The van der Waals surface area contributed by atoms with E-state index in [1.54, 1.807) is 19.1 Å². The summed E-state index contributed by atoms with van der Waals surface area (Å²) in [5.41, 5.74) is 3.54. The van der Waals surface area contributed by atoms with E-state index in [2.05, 4.69) is 15.5 Å². The zero-order valence-corrected chi connectivity index (χ0v) is 26.7. The van der Waals surface area contributed by atoms with Crippen molar-refractivity contribution in [3.63, 3.8) is 0 Å². The molecule has 0 aromatic heterocycles. The smallest absolute Gasteiger partial charge is 0.254 e. The number of carbonyl (C=O) groups excluding carboxylic acids is 3. The maximum atomic E-state index is 13.9. The highest BCUT2D eigenvalue weighted by molar-refractivity contribution is 8.00. The first-order valence-electron chi connectivity index (χ1n) is 14.6. The van der Waals surface area contributed by atoms with Crippen molar-refractivity contribution in [3.8, 4) is 5.75 Å². The lowest BCUT2D eigenvalue weighted by molar-refractivity contribution is -0.147. The molecule has 3 aromatic rings. The fourth-order valence-corrected chi connectivity index (χ4v) is 6.61. The van der Waals surface area contributed by atoms with E-state index in [1.165, 1.54) is 22.7 Å². The molecule has 0 spiro atoms. The van der Waals surface area contributed by atoms with Crippen LogP contribution in [0.25, 0.3) is 0 Å². The average molecular weight is 619 g/mol. The van der Waals surface area contributed by atoms with Crippen molar-refractivity contribution in [1.29, 1.82) is 0 Å². The summed E-state index contributed by atoms with van der Waals surface area (Å²) in [5, 5.41) is 27.4. The zero-order valence-electron chi connectivity index (χ0n) is 25.9. The van der Waals surface area contributed by atoms with Gasteiger partial charge in [0.05, 0.1) is 11.9 Å². The van der Waals surface area contributed by atoms with Crippen LogP contribution < -0.4 is 10.6 Å². The minimum atomic E-state index is -1.62. The van der Waals surface area contributed by atoms with E-state index in [1.807, 2.05) is 82.5 Å². The number of carbonyl (C=O) groups is 3. The molecule has 1 fully saturated rings. The molecule has 4 N–H and O–H groups in total. The van der Waals surface area contributed by atoms with E-state index in [9.17, 15) is 24.6 Å². The summed E-state index contributed by atoms with van der Waals surface area (Å²) in [5.74, 6) is -1.27. The number of amides is 3. The molecule has 0 saturated carbocycles. The van der Waals surface area contributed by atoms with Crippen LogP contribution in [0.2, 0.25) is 0 Å². The Labute approximate surface area is 263 Å². The van der Waals surface area contributed by atoms with Crippen molar-refractivity contribution < 1.29 is 24.6 Å². The molecular weight excluding hydrogens is 576 g/mol. The van der Waals surface area contributed by atoms with Crippen LogP contribution in [0, 0.1) is 6.92 Å². The molecule has 10 heteroatoms. The zero-order chi connectivity index (χ0) is 32.0. The molecule has 3 unspecified atom stereocenters. The maximum Gasteiger partial charge on any atom is 0.254 e. The lowest BCUT2D eigenvalue weighted by atomic mass is 9.96. The fraction of sp³-hybridized carbons (Fsp3) is 0.382. The number of nitrogens with zero attached hydrogens (tertiary/aromatic N) is 2. The Bertz CT molecular complexity index is 1480. The quantitative estimate of drug-likeness (QED) is 0.260. The van der Waals surface area contributed by atoms with Gasteiger partial charge in [-0.25, -0.2) is 0 Å². The van der Waals surface area contributed by atoms with Crippen LogP contribution in [0.4, 0.5) is 0 Å². The van der Waals surface area contributed by atoms with Gasteiger partial charge >= 0.3 is 0 Å². The van der Waals surface area contributed by atoms with Crippen molar-refractivity contribution in [1.82, 2.24) is 20.4 Å². The van der Waals surface area contributed by atoms with E-state index in [0.717, 1.165) is 23.2 Å². The number of nitrogens with one attached hydrogen (secondary N) is 2. The molecule has 9 nitrogen and oxygen atoms in total. The Morgan fingerprint density at radius 2 is 1.66 bits per heavy atom. The summed E-state index contributed by atoms with van der Waals surface area (Å²) in [7, 11) is 4.00. The van der Waals surface area contributed by atoms with Crippen LogP contribution in [0.3, 0.4) is 0 Å². The molecule has 1 heterocycles. The van der Waals surface area contributed by atoms with Gasteiger partial charge in [-0.1, -0.05) is 60.7 Å². The maximum absolute atomic E-state index is 13.9. The largest absolute Gasteiger partial charge is 0.508 e. The number of hydrogen-bond acceptors (Lipinski definition) is 7. The van der Waals surface area contributed by atoms with Gasteiger partial charge in [0.25, 0.3) is 11.8 Å². The number of benzene rings is 3. The molecule has 3 atom stereocenters. The van der Waals surface area contributed by atoms with Crippen LogP contribution in [-0.4, -0.2) is 80.6 Å².